The van der Waals surface area contributed by atoms with Crippen LogP contribution in [-0.4, -0.2) is 23.5 Å². The Morgan fingerprint density at radius 2 is 1.55 bits per heavy atom. The molecule has 0 amide bonds. The SMILES string of the molecule is OC1NC2C3CCC(C3)C2N1. The van der Waals surface area contributed by atoms with E-state index in [0.29, 0.717) is 12.1 Å². The van der Waals surface area contributed by atoms with Crippen LogP contribution in [0.2, 0.25) is 0 Å². The number of aliphatic hydroxyl groups excluding tert-OH is 1. The zero-order chi connectivity index (χ0) is 7.42. The lowest BCUT2D eigenvalue weighted by Gasteiger charge is -2.22. The third-order valence-electron chi connectivity index (χ3n) is 3.62. The summed E-state index contributed by atoms with van der Waals surface area (Å²) in [5.41, 5.74) is 0. The molecule has 0 aromatic heterocycles. The Bertz CT molecular complexity index is 167. The molecule has 1 saturated heterocycles. The maximum absolute atomic E-state index is 9.28. The summed E-state index contributed by atoms with van der Waals surface area (Å²) in [7, 11) is 0. The van der Waals surface area contributed by atoms with Crippen molar-refractivity contribution in [3.05, 3.63) is 0 Å². The average Bonchev–Trinajstić information content (AvgIpc) is 2.53. The molecule has 0 aromatic rings. The van der Waals surface area contributed by atoms with Crippen molar-refractivity contribution in [2.24, 2.45) is 11.8 Å². The second-order valence-electron chi connectivity index (χ2n) is 4.12. The molecule has 4 unspecified atom stereocenters. The highest BCUT2D eigenvalue weighted by molar-refractivity contribution is 5.07. The quantitative estimate of drug-likeness (QED) is 0.446. The first kappa shape index (κ1) is 6.40. The molecule has 0 aromatic carbocycles. The molecule has 2 saturated carbocycles. The van der Waals surface area contributed by atoms with Crippen LogP contribution in [0.25, 0.3) is 0 Å². The molecule has 62 valence electrons. The van der Waals surface area contributed by atoms with Crippen molar-refractivity contribution in [1.82, 2.24) is 10.6 Å². The summed E-state index contributed by atoms with van der Waals surface area (Å²) < 4.78 is 0. The van der Waals surface area contributed by atoms with Crippen molar-refractivity contribution in [1.29, 1.82) is 0 Å². The Kier molecular flexibility index (Phi) is 1.15. The first-order chi connectivity index (χ1) is 5.34. The standard InChI is InChI=1S/C8H14N2O/c11-8-9-6-4-1-2-5(3-4)7(6)10-8/h4-11H,1-3H2. The number of aliphatic hydroxyl groups is 1. The Balaban J connectivity index is 1.87. The predicted octanol–water partition coefficient (Wildman–Crippen LogP) is -0.378. The molecule has 3 fully saturated rings. The molecular weight excluding hydrogens is 140 g/mol. The monoisotopic (exact) mass is 154 g/mol. The van der Waals surface area contributed by atoms with Gasteiger partial charge in [0, 0.05) is 12.1 Å². The van der Waals surface area contributed by atoms with E-state index in [4.69, 9.17) is 0 Å². The van der Waals surface area contributed by atoms with E-state index in [0.717, 1.165) is 11.8 Å². The van der Waals surface area contributed by atoms with Crippen LogP contribution < -0.4 is 10.6 Å². The van der Waals surface area contributed by atoms with Crippen molar-refractivity contribution in [2.45, 2.75) is 37.7 Å². The number of hydrogen-bond acceptors (Lipinski definition) is 3. The molecule has 3 heteroatoms. The van der Waals surface area contributed by atoms with Gasteiger partial charge in [0.05, 0.1) is 0 Å². The zero-order valence-corrected chi connectivity index (χ0v) is 6.46. The van der Waals surface area contributed by atoms with E-state index in [2.05, 4.69) is 10.6 Å². The Morgan fingerprint density at radius 3 is 2.09 bits per heavy atom. The van der Waals surface area contributed by atoms with Gasteiger partial charge in [0.1, 0.15) is 0 Å². The normalized spacial score (nSPS) is 60.3. The number of hydrogen-bond donors (Lipinski definition) is 3. The van der Waals surface area contributed by atoms with Crippen LogP contribution in [-0.2, 0) is 0 Å². The van der Waals surface area contributed by atoms with E-state index >= 15 is 0 Å². The molecule has 3 aliphatic rings. The third-order valence-corrected chi connectivity index (χ3v) is 3.62. The van der Waals surface area contributed by atoms with E-state index in [1.54, 1.807) is 0 Å². The number of fused-ring (bicyclic) bond motifs is 5. The molecule has 3 rings (SSSR count). The van der Waals surface area contributed by atoms with Gasteiger partial charge in [0.2, 0.25) is 0 Å². The molecule has 11 heavy (non-hydrogen) atoms. The van der Waals surface area contributed by atoms with E-state index < -0.39 is 6.35 Å². The molecule has 4 atom stereocenters. The molecular formula is C8H14N2O. The van der Waals surface area contributed by atoms with Gasteiger partial charge in [-0.05, 0) is 31.1 Å². The van der Waals surface area contributed by atoms with Crippen molar-refractivity contribution in [2.75, 3.05) is 0 Å². The number of rotatable bonds is 0. The van der Waals surface area contributed by atoms with Gasteiger partial charge >= 0.3 is 0 Å². The Labute approximate surface area is 66.2 Å². The lowest BCUT2D eigenvalue weighted by atomic mass is 9.92. The first-order valence-corrected chi connectivity index (χ1v) is 4.55. The van der Waals surface area contributed by atoms with Crippen LogP contribution in [0.1, 0.15) is 19.3 Å². The van der Waals surface area contributed by atoms with Gasteiger partial charge in [-0.15, -0.1) is 0 Å². The maximum Gasteiger partial charge on any atom is 0.161 e. The smallest absolute Gasteiger partial charge is 0.161 e. The van der Waals surface area contributed by atoms with E-state index in [-0.39, 0.29) is 0 Å². The zero-order valence-electron chi connectivity index (χ0n) is 6.46. The second-order valence-corrected chi connectivity index (χ2v) is 4.12. The first-order valence-electron chi connectivity index (χ1n) is 4.55. The van der Waals surface area contributed by atoms with Gasteiger partial charge in [-0.3, -0.25) is 10.6 Å². The van der Waals surface area contributed by atoms with Gasteiger partial charge in [-0.2, -0.15) is 0 Å². The fraction of sp³-hybridized carbons (Fsp3) is 1.00. The molecule has 0 spiro atoms. The summed E-state index contributed by atoms with van der Waals surface area (Å²) in [5, 5.41) is 15.7. The van der Waals surface area contributed by atoms with Crippen molar-refractivity contribution in [3.8, 4) is 0 Å². The fourth-order valence-electron chi connectivity index (χ4n) is 3.18. The van der Waals surface area contributed by atoms with E-state index in [9.17, 15) is 5.11 Å². The lowest BCUT2D eigenvalue weighted by molar-refractivity contribution is 0.123. The highest BCUT2D eigenvalue weighted by atomic mass is 16.3. The van der Waals surface area contributed by atoms with Crippen molar-refractivity contribution >= 4 is 0 Å². The van der Waals surface area contributed by atoms with Gasteiger partial charge in [0.25, 0.3) is 0 Å². The predicted molar refractivity (Wildman–Crippen MR) is 40.7 cm³/mol. The summed E-state index contributed by atoms with van der Waals surface area (Å²) in [4.78, 5) is 0. The molecule has 1 aliphatic heterocycles. The van der Waals surface area contributed by atoms with E-state index in [1.165, 1.54) is 19.3 Å². The summed E-state index contributed by atoms with van der Waals surface area (Å²) in [6.45, 7) is 0. The van der Waals surface area contributed by atoms with Gasteiger partial charge in [0.15, 0.2) is 6.35 Å². The topological polar surface area (TPSA) is 44.3 Å². The van der Waals surface area contributed by atoms with Crippen LogP contribution in [0.5, 0.6) is 0 Å². The van der Waals surface area contributed by atoms with Crippen LogP contribution in [0.4, 0.5) is 0 Å². The van der Waals surface area contributed by atoms with Crippen molar-refractivity contribution < 1.29 is 5.11 Å². The largest absolute Gasteiger partial charge is 0.365 e. The van der Waals surface area contributed by atoms with Crippen molar-refractivity contribution in [3.63, 3.8) is 0 Å². The minimum atomic E-state index is -0.437. The van der Waals surface area contributed by atoms with Crippen LogP contribution in [0.3, 0.4) is 0 Å². The third kappa shape index (κ3) is 0.736. The highest BCUT2D eigenvalue weighted by Gasteiger charge is 2.51. The molecule has 1 heterocycles. The van der Waals surface area contributed by atoms with Crippen LogP contribution in [0, 0.1) is 11.8 Å². The molecule has 0 radical (unpaired) electrons. The molecule has 2 aliphatic carbocycles. The van der Waals surface area contributed by atoms with Gasteiger partial charge < -0.3 is 5.11 Å². The Morgan fingerprint density at radius 1 is 1.00 bits per heavy atom. The molecule has 2 bridgehead atoms. The van der Waals surface area contributed by atoms with Crippen LogP contribution >= 0.6 is 0 Å². The van der Waals surface area contributed by atoms with Gasteiger partial charge in [-0.1, -0.05) is 0 Å². The van der Waals surface area contributed by atoms with E-state index in [1.807, 2.05) is 0 Å². The average molecular weight is 154 g/mol. The minimum absolute atomic E-state index is 0.437. The van der Waals surface area contributed by atoms with Gasteiger partial charge in [-0.25, -0.2) is 0 Å². The Hall–Kier alpha value is -0.120. The second kappa shape index (κ2) is 1.97. The molecule has 3 N–H and O–H groups in total. The number of nitrogens with one attached hydrogen (secondary N) is 2. The fourth-order valence-corrected chi connectivity index (χ4v) is 3.18. The lowest BCUT2D eigenvalue weighted by Crippen LogP contribution is -2.38. The minimum Gasteiger partial charge on any atom is -0.365 e. The summed E-state index contributed by atoms with van der Waals surface area (Å²) in [5.74, 6) is 1.68. The molecule has 3 nitrogen and oxygen atoms in total. The summed E-state index contributed by atoms with van der Waals surface area (Å²) in [6.07, 6.45) is 3.68. The maximum atomic E-state index is 9.28. The summed E-state index contributed by atoms with van der Waals surface area (Å²) >= 11 is 0. The highest BCUT2D eigenvalue weighted by Crippen LogP contribution is 2.46. The summed E-state index contributed by atoms with van der Waals surface area (Å²) in [6, 6.07) is 1.15. The van der Waals surface area contributed by atoms with Crippen LogP contribution in [0.15, 0.2) is 0 Å².